The molecule has 0 aliphatic heterocycles. The number of hydrogen-bond donors (Lipinski definition) is 0. The fraction of sp³-hybridized carbons (Fsp3) is 0.174. The summed E-state index contributed by atoms with van der Waals surface area (Å²) >= 11 is 10.8. The molecule has 0 aliphatic carbocycles. The SMILES string of the molecule is Cc1nc2nc(SCc3cc(=O)n4cc(Br)ccc4n3)nn2c(C)c1Cc1ccc(Cl)cc1. The lowest BCUT2D eigenvalue weighted by Gasteiger charge is -2.10. The Hall–Kier alpha value is -2.75. The summed E-state index contributed by atoms with van der Waals surface area (Å²) in [5, 5.41) is 5.96. The third kappa shape index (κ3) is 4.53. The summed E-state index contributed by atoms with van der Waals surface area (Å²) in [6.07, 6.45) is 2.45. The van der Waals surface area contributed by atoms with Crippen LogP contribution < -0.4 is 5.56 Å². The maximum absolute atomic E-state index is 12.4. The van der Waals surface area contributed by atoms with Gasteiger partial charge in [0.15, 0.2) is 0 Å². The number of nitrogens with zero attached hydrogens (tertiary/aromatic N) is 6. The molecule has 5 aromatic rings. The van der Waals surface area contributed by atoms with Crippen molar-refractivity contribution in [1.29, 1.82) is 0 Å². The largest absolute Gasteiger partial charge is 0.269 e. The van der Waals surface area contributed by atoms with Crippen molar-refractivity contribution >= 4 is 50.7 Å². The fourth-order valence-electron chi connectivity index (χ4n) is 3.65. The van der Waals surface area contributed by atoms with Crippen LogP contribution in [0.5, 0.6) is 0 Å². The van der Waals surface area contributed by atoms with E-state index in [1.807, 2.05) is 44.2 Å². The predicted molar refractivity (Wildman–Crippen MR) is 133 cm³/mol. The van der Waals surface area contributed by atoms with Crippen LogP contribution in [0.1, 0.15) is 28.2 Å². The average Bonchev–Trinajstić information content (AvgIpc) is 3.20. The molecule has 0 amide bonds. The van der Waals surface area contributed by atoms with Crippen LogP contribution in [0.2, 0.25) is 5.02 Å². The van der Waals surface area contributed by atoms with Crippen LogP contribution in [0.15, 0.2) is 63.1 Å². The molecule has 0 atom stereocenters. The Labute approximate surface area is 207 Å². The summed E-state index contributed by atoms with van der Waals surface area (Å²) < 4.78 is 4.11. The van der Waals surface area contributed by atoms with E-state index in [1.54, 1.807) is 22.8 Å². The smallest absolute Gasteiger partial charge is 0.258 e. The zero-order valence-electron chi connectivity index (χ0n) is 17.8. The van der Waals surface area contributed by atoms with Crippen LogP contribution in [0.3, 0.4) is 0 Å². The molecule has 10 heteroatoms. The number of pyridine rings is 1. The Balaban J connectivity index is 1.41. The molecule has 4 aromatic heterocycles. The van der Waals surface area contributed by atoms with E-state index in [9.17, 15) is 4.79 Å². The van der Waals surface area contributed by atoms with E-state index in [2.05, 4.69) is 36.0 Å². The van der Waals surface area contributed by atoms with E-state index in [0.717, 1.165) is 38.4 Å². The van der Waals surface area contributed by atoms with Crippen molar-refractivity contribution in [2.45, 2.75) is 31.2 Å². The van der Waals surface area contributed by atoms with Crippen LogP contribution in [-0.2, 0) is 12.2 Å². The van der Waals surface area contributed by atoms with Gasteiger partial charge < -0.3 is 0 Å². The summed E-state index contributed by atoms with van der Waals surface area (Å²) in [7, 11) is 0. The Bertz CT molecular complexity index is 1560. The topological polar surface area (TPSA) is 77.5 Å². The van der Waals surface area contributed by atoms with Crippen molar-refractivity contribution in [2.24, 2.45) is 0 Å². The van der Waals surface area contributed by atoms with E-state index in [4.69, 9.17) is 11.6 Å². The molecular formula is C23H18BrClN6OS. The van der Waals surface area contributed by atoms with Gasteiger partial charge in [-0.2, -0.15) is 4.98 Å². The molecular weight excluding hydrogens is 524 g/mol. The molecule has 7 nitrogen and oxygen atoms in total. The normalized spacial score (nSPS) is 11.5. The average molecular weight is 542 g/mol. The number of thioether (sulfide) groups is 1. The van der Waals surface area contributed by atoms with Gasteiger partial charge in [-0.1, -0.05) is 35.5 Å². The van der Waals surface area contributed by atoms with Crippen molar-refractivity contribution in [3.8, 4) is 0 Å². The van der Waals surface area contributed by atoms with Gasteiger partial charge in [0.25, 0.3) is 11.3 Å². The number of aryl methyl sites for hydroxylation is 2. The summed E-state index contributed by atoms with van der Waals surface area (Å²) in [6.45, 7) is 4.02. The van der Waals surface area contributed by atoms with Gasteiger partial charge in [0.2, 0.25) is 5.16 Å². The van der Waals surface area contributed by atoms with Gasteiger partial charge in [0.1, 0.15) is 5.65 Å². The third-order valence-electron chi connectivity index (χ3n) is 5.35. The lowest BCUT2D eigenvalue weighted by Crippen LogP contribution is -2.15. The quantitative estimate of drug-likeness (QED) is 0.290. The standard InChI is InChI=1S/C23H18BrClN6OS/c1-13-19(9-15-3-6-17(25)7-4-15)14(2)31-22(26-13)28-23(29-31)33-12-18-10-21(32)30-11-16(24)5-8-20(30)27-18/h3-8,10-11H,9,12H2,1-2H3. The van der Waals surface area contributed by atoms with Crippen LogP contribution in [0.25, 0.3) is 11.4 Å². The highest BCUT2D eigenvalue weighted by Gasteiger charge is 2.15. The molecule has 0 aliphatic rings. The lowest BCUT2D eigenvalue weighted by molar-refractivity contribution is 0.823. The zero-order chi connectivity index (χ0) is 23.1. The minimum Gasteiger partial charge on any atom is -0.269 e. The number of rotatable bonds is 5. The summed E-state index contributed by atoms with van der Waals surface area (Å²) in [5.74, 6) is 1.04. The van der Waals surface area contributed by atoms with Gasteiger partial charge in [-0.3, -0.25) is 9.20 Å². The Morgan fingerprint density at radius 1 is 1.06 bits per heavy atom. The van der Waals surface area contributed by atoms with Crippen LogP contribution in [0, 0.1) is 13.8 Å². The summed E-state index contributed by atoms with van der Waals surface area (Å²) in [4.78, 5) is 26.3. The van der Waals surface area contributed by atoms with E-state index in [-0.39, 0.29) is 5.56 Å². The highest BCUT2D eigenvalue weighted by Crippen LogP contribution is 2.23. The maximum Gasteiger partial charge on any atom is 0.258 e. The van der Waals surface area contributed by atoms with Crippen LogP contribution in [0.4, 0.5) is 0 Å². The molecule has 166 valence electrons. The van der Waals surface area contributed by atoms with Crippen molar-refractivity contribution in [3.05, 3.63) is 96.7 Å². The molecule has 33 heavy (non-hydrogen) atoms. The molecule has 0 spiro atoms. The number of fused-ring (bicyclic) bond motifs is 2. The highest BCUT2D eigenvalue weighted by molar-refractivity contribution is 9.10. The molecule has 4 heterocycles. The first-order valence-electron chi connectivity index (χ1n) is 10.2. The van der Waals surface area contributed by atoms with E-state index in [1.165, 1.54) is 16.2 Å². The minimum atomic E-state index is -0.125. The first kappa shape index (κ1) is 22.1. The zero-order valence-corrected chi connectivity index (χ0v) is 20.9. The Kier molecular flexibility index (Phi) is 5.94. The molecule has 0 N–H and O–H groups in total. The first-order chi connectivity index (χ1) is 15.9. The number of halogens is 2. The molecule has 0 saturated heterocycles. The van der Waals surface area contributed by atoms with Crippen molar-refractivity contribution in [1.82, 2.24) is 29.0 Å². The molecule has 0 radical (unpaired) electrons. The van der Waals surface area contributed by atoms with E-state index in [0.29, 0.717) is 28.0 Å². The van der Waals surface area contributed by atoms with Crippen molar-refractivity contribution < 1.29 is 0 Å². The van der Waals surface area contributed by atoms with Gasteiger partial charge in [0.05, 0.1) is 5.69 Å². The monoisotopic (exact) mass is 540 g/mol. The van der Waals surface area contributed by atoms with Gasteiger partial charge in [0, 0.05) is 45.3 Å². The summed E-state index contributed by atoms with van der Waals surface area (Å²) in [5.41, 5.74) is 5.34. The Morgan fingerprint density at radius 2 is 1.85 bits per heavy atom. The van der Waals surface area contributed by atoms with Gasteiger partial charge in [-0.15, -0.1) is 5.10 Å². The maximum atomic E-state index is 12.4. The predicted octanol–water partition coefficient (Wildman–Crippen LogP) is 5.05. The van der Waals surface area contributed by atoms with E-state index >= 15 is 0 Å². The molecule has 1 aromatic carbocycles. The molecule has 5 rings (SSSR count). The second-order valence-corrected chi connectivity index (χ2v) is 9.92. The van der Waals surface area contributed by atoms with Crippen LogP contribution >= 0.6 is 39.3 Å². The second-order valence-electron chi connectivity index (χ2n) is 7.62. The highest BCUT2D eigenvalue weighted by atomic mass is 79.9. The van der Waals surface area contributed by atoms with Crippen LogP contribution in [-0.4, -0.2) is 29.0 Å². The number of aromatic nitrogens is 6. The minimum absolute atomic E-state index is 0.125. The van der Waals surface area contributed by atoms with Crippen molar-refractivity contribution in [3.63, 3.8) is 0 Å². The molecule has 0 fully saturated rings. The van der Waals surface area contributed by atoms with Crippen molar-refractivity contribution in [2.75, 3.05) is 0 Å². The van der Waals surface area contributed by atoms with Gasteiger partial charge in [-0.25, -0.2) is 14.5 Å². The van der Waals surface area contributed by atoms with Gasteiger partial charge >= 0.3 is 0 Å². The second kappa shape index (κ2) is 8.89. The van der Waals surface area contributed by atoms with Gasteiger partial charge in [-0.05, 0) is 65.2 Å². The van der Waals surface area contributed by atoms with E-state index < -0.39 is 0 Å². The number of benzene rings is 1. The number of hydrogen-bond acceptors (Lipinski definition) is 6. The third-order valence-corrected chi connectivity index (χ3v) is 6.94. The summed E-state index contributed by atoms with van der Waals surface area (Å²) in [6, 6.07) is 13.0. The molecule has 0 saturated carbocycles. The fourth-order valence-corrected chi connectivity index (χ4v) is 4.83. The molecule has 0 bridgehead atoms. The first-order valence-corrected chi connectivity index (χ1v) is 12.3. The lowest BCUT2D eigenvalue weighted by atomic mass is 10.0. The molecule has 0 unspecified atom stereocenters. The Morgan fingerprint density at radius 3 is 2.64 bits per heavy atom.